The molecule has 3 N–H and O–H groups in total. The number of carbonyl (C=O) groups is 2. The number of primary amides is 1. The topological polar surface area (TPSA) is 106 Å². The summed E-state index contributed by atoms with van der Waals surface area (Å²) in [6.07, 6.45) is 1.40. The molecule has 0 saturated carbocycles. The summed E-state index contributed by atoms with van der Waals surface area (Å²) in [5, 5.41) is 2.95. The lowest BCUT2D eigenvalue weighted by molar-refractivity contribution is -0.120. The molecule has 3 amide bonds. The fraction of sp³-hybridized carbons (Fsp3) is 0.429. The third-order valence-electron chi connectivity index (χ3n) is 1.71. The number of hydrogen-bond acceptors (Lipinski definition) is 4. The van der Waals surface area contributed by atoms with E-state index in [4.69, 9.17) is 5.73 Å². The first kappa shape index (κ1) is 10.7. The highest BCUT2D eigenvalue weighted by molar-refractivity contribution is 7.94. The minimum Gasteiger partial charge on any atom is -0.351 e. The quantitative estimate of drug-likeness (QED) is 0.628. The second-order valence-electron chi connectivity index (χ2n) is 3.03. The van der Waals surface area contributed by atoms with E-state index in [0.29, 0.717) is 0 Å². The van der Waals surface area contributed by atoms with E-state index in [1.54, 1.807) is 0 Å². The van der Waals surface area contributed by atoms with E-state index in [0.717, 1.165) is 5.41 Å². The van der Waals surface area contributed by atoms with Crippen LogP contribution in [0.15, 0.2) is 11.5 Å². The van der Waals surface area contributed by atoms with Crippen molar-refractivity contribution in [3.8, 4) is 0 Å². The van der Waals surface area contributed by atoms with Gasteiger partial charge in [-0.2, -0.15) is 0 Å². The number of urea groups is 1. The zero-order chi connectivity index (χ0) is 10.8. The van der Waals surface area contributed by atoms with Crippen molar-refractivity contribution in [2.75, 3.05) is 5.75 Å². The predicted molar refractivity (Wildman–Crippen MR) is 48.8 cm³/mol. The normalized spacial score (nSPS) is 23.3. The van der Waals surface area contributed by atoms with Crippen molar-refractivity contribution in [3.05, 3.63) is 11.5 Å². The molecule has 0 radical (unpaired) electrons. The van der Waals surface area contributed by atoms with Crippen LogP contribution in [0.3, 0.4) is 0 Å². The summed E-state index contributed by atoms with van der Waals surface area (Å²) in [5.74, 6) is -1.01. The van der Waals surface area contributed by atoms with Gasteiger partial charge in [0.15, 0.2) is 9.84 Å². The second kappa shape index (κ2) is 3.79. The molecule has 7 heteroatoms. The summed E-state index contributed by atoms with van der Waals surface area (Å²) in [6.45, 7) is 0. The highest BCUT2D eigenvalue weighted by atomic mass is 32.2. The van der Waals surface area contributed by atoms with E-state index in [9.17, 15) is 18.0 Å². The molecular formula is C7H10N2O4S. The molecular weight excluding hydrogens is 208 g/mol. The first-order chi connectivity index (χ1) is 6.39. The van der Waals surface area contributed by atoms with Crippen molar-refractivity contribution in [2.45, 2.75) is 6.42 Å². The number of rotatable bonds is 2. The number of allylic oxidation sites excluding steroid dienone is 1. The number of nitrogens with two attached hydrogens (primary N) is 1. The molecule has 0 spiro atoms. The monoisotopic (exact) mass is 218 g/mol. The molecule has 0 aromatic rings. The van der Waals surface area contributed by atoms with Crippen LogP contribution in [0.1, 0.15) is 6.42 Å². The third-order valence-corrected chi connectivity index (χ3v) is 3.18. The van der Waals surface area contributed by atoms with Crippen LogP contribution in [0.4, 0.5) is 4.79 Å². The molecule has 0 bridgehead atoms. The van der Waals surface area contributed by atoms with Gasteiger partial charge in [0.1, 0.15) is 0 Å². The summed E-state index contributed by atoms with van der Waals surface area (Å²) in [7, 11) is -3.15. The number of imide groups is 1. The second-order valence-corrected chi connectivity index (χ2v) is 4.97. The predicted octanol–water partition coefficient (Wildman–Crippen LogP) is -0.870. The average molecular weight is 218 g/mol. The molecule has 0 unspecified atom stereocenters. The molecule has 0 aromatic heterocycles. The van der Waals surface area contributed by atoms with Gasteiger partial charge in [0.05, 0.1) is 5.75 Å². The van der Waals surface area contributed by atoms with Gasteiger partial charge < -0.3 is 5.73 Å². The fourth-order valence-electron chi connectivity index (χ4n) is 1.19. The summed E-state index contributed by atoms with van der Waals surface area (Å²) in [6, 6.07) is -0.931. The standard InChI is InChI=1S/C7H10N2O4S/c8-7(11)9-6(10)3-5-1-2-14(12,13)4-5/h1-2,5H,3-4H2,(H3,8,9,10,11)/t5-/m0/s1. The summed E-state index contributed by atoms with van der Waals surface area (Å²) >= 11 is 0. The Balaban J connectivity index is 2.45. The molecule has 78 valence electrons. The average Bonchev–Trinajstić information content (AvgIpc) is 2.27. The van der Waals surface area contributed by atoms with Crippen molar-refractivity contribution >= 4 is 21.8 Å². The van der Waals surface area contributed by atoms with Crippen molar-refractivity contribution in [1.82, 2.24) is 5.32 Å². The van der Waals surface area contributed by atoms with Gasteiger partial charge >= 0.3 is 6.03 Å². The number of nitrogens with one attached hydrogen (secondary N) is 1. The summed E-state index contributed by atoms with van der Waals surface area (Å²) in [4.78, 5) is 21.2. The molecule has 0 aromatic carbocycles. The maximum absolute atomic E-state index is 11.0. The van der Waals surface area contributed by atoms with Gasteiger partial charge in [0.2, 0.25) is 5.91 Å². The Hall–Kier alpha value is -1.37. The lowest BCUT2D eigenvalue weighted by Gasteiger charge is -2.04. The minimum atomic E-state index is -3.15. The van der Waals surface area contributed by atoms with E-state index in [2.05, 4.69) is 0 Å². The lowest BCUT2D eigenvalue weighted by Crippen LogP contribution is -2.36. The zero-order valence-corrected chi connectivity index (χ0v) is 8.08. The van der Waals surface area contributed by atoms with E-state index in [-0.39, 0.29) is 18.1 Å². The van der Waals surface area contributed by atoms with Gasteiger partial charge in [0, 0.05) is 17.7 Å². The SMILES string of the molecule is NC(=O)NC(=O)C[C@@H]1C=CS(=O)(=O)C1. The van der Waals surface area contributed by atoms with Crippen LogP contribution < -0.4 is 11.1 Å². The molecule has 1 aliphatic heterocycles. The van der Waals surface area contributed by atoms with Crippen LogP contribution in [0.25, 0.3) is 0 Å². The van der Waals surface area contributed by atoms with Crippen LogP contribution in [0, 0.1) is 5.92 Å². The Morgan fingerprint density at radius 2 is 2.14 bits per heavy atom. The Morgan fingerprint density at radius 3 is 2.57 bits per heavy atom. The van der Waals surface area contributed by atoms with Crippen molar-refractivity contribution in [2.24, 2.45) is 11.7 Å². The summed E-state index contributed by atoms with van der Waals surface area (Å²) in [5.41, 5.74) is 4.71. The fourth-order valence-corrected chi connectivity index (χ4v) is 2.59. The van der Waals surface area contributed by atoms with E-state index in [1.165, 1.54) is 6.08 Å². The number of sulfone groups is 1. The smallest absolute Gasteiger partial charge is 0.318 e. The first-order valence-electron chi connectivity index (χ1n) is 3.89. The number of carbonyl (C=O) groups excluding carboxylic acids is 2. The first-order valence-corrected chi connectivity index (χ1v) is 5.61. The molecule has 14 heavy (non-hydrogen) atoms. The molecule has 0 saturated heterocycles. The molecule has 1 heterocycles. The summed E-state index contributed by atoms with van der Waals surface area (Å²) < 4.78 is 21.9. The van der Waals surface area contributed by atoms with E-state index >= 15 is 0 Å². The largest absolute Gasteiger partial charge is 0.351 e. The van der Waals surface area contributed by atoms with E-state index < -0.39 is 21.8 Å². The molecule has 0 fully saturated rings. The van der Waals surface area contributed by atoms with Crippen molar-refractivity contribution < 1.29 is 18.0 Å². The third kappa shape index (κ3) is 3.17. The van der Waals surface area contributed by atoms with Crippen LogP contribution in [-0.2, 0) is 14.6 Å². The van der Waals surface area contributed by atoms with Gasteiger partial charge in [-0.3, -0.25) is 10.1 Å². The minimum absolute atomic E-state index is 0.0430. The van der Waals surface area contributed by atoms with Crippen LogP contribution >= 0.6 is 0 Å². The maximum Gasteiger partial charge on any atom is 0.318 e. The van der Waals surface area contributed by atoms with Gasteiger partial charge in [-0.15, -0.1) is 0 Å². The Morgan fingerprint density at radius 1 is 1.50 bits per heavy atom. The van der Waals surface area contributed by atoms with Gasteiger partial charge in [-0.25, -0.2) is 13.2 Å². The molecule has 0 aliphatic carbocycles. The number of amides is 3. The van der Waals surface area contributed by atoms with Crippen LogP contribution in [0.2, 0.25) is 0 Å². The van der Waals surface area contributed by atoms with Crippen molar-refractivity contribution in [1.29, 1.82) is 0 Å². The highest BCUT2D eigenvalue weighted by Gasteiger charge is 2.23. The number of hydrogen-bond donors (Lipinski definition) is 2. The molecule has 1 aliphatic rings. The Kier molecular flexibility index (Phi) is 2.90. The van der Waals surface area contributed by atoms with Gasteiger partial charge in [-0.1, -0.05) is 6.08 Å². The molecule has 1 atom stereocenters. The van der Waals surface area contributed by atoms with Crippen LogP contribution in [-0.4, -0.2) is 26.1 Å². The molecule has 6 nitrogen and oxygen atoms in total. The van der Waals surface area contributed by atoms with Crippen LogP contribution in [0.5, 0.6) is 0 Å². The highest BCUT2D eigenvalue weighted by Crippen LogP contribution is 2.17. The Bertz CT molecular complexity index is 384. The Labute approximate surface area is 81.1 Å². The van der Waals surface area contributed by atoms with E-state index in [1.807, 2.05) is 5.32 Å². The lowest BCUT2D eigenvalue weighted by atomic mass is 10.1. The maximum atomic E-state index is 11.0. The van der Waals surface area contributed by atoms with Gasteiger partial charge in [-0.05, 0) is 0 Å². The molecule has 1 rings (SSSR count). The van der Waals surface area contributed by atoms with Gasteiger partial charge in [0.25, 0.3) is 0 Å². The van der Waals surface area contributed by atoms with Crippen molar-refractivity contribution in [3.63, 3.8) is 0 Å². The zero-order valence-electron chi connectivity index (χ0n) is 7.26.